The Bertz CT molecular complexity index is 907. The van der Waals surface area contributed by atoms with E-state index in [4.69, 9.17) is 21.1 Å². The van der Waals surface area contributed by atoms with Crippen LogP contribution in [0.15, 0.2) is 72.8 Å². The molecule has 3 aromatic rings. The maximum Gasteiger partial charge on any atom is 0.345 e. The summed E-state index contributed by atoms with van der Waals surface area (Å²) in [6, 6.07) is 22.4. The maximum absolute atomic E-state index is 11.7. The standard InChI is InChI=1S/C22H19ClO4/c1-26-20-12-9-18(23)13-17(20)14-21(22(24)25)27-19-10-7-16(8-11-19)15-5-3-2-4-6-15/h2-13,21H,14H2,1H3,(H,24,25)/t21-/m0/s1. The molecule has 0 amide bonds. The van der Waals surface area contributed by atoms with E-state index in [1.165, 1.54) is 7.11 Å². The van der Waals surface area contributed by atoms with E-state index in [-0.39, 0.29) is 6.42 Å². The third kappa shape index (κ3) is 4.80. The normalized spacial score (nSPS) is 11.6. The van der Waals surface area contributed by atoms with Crippen LogP contribution in [-0.2, 0) is 11.2 Å². The Hall–Kier alpha value is -2.98. The summed E-state index contributed by atoms with van der Waals surface area (Å²) >= 11 is 6.03. The average molecular weight is 383 g/mol. The van der Waals surface area contributed by atoms with Crippen LogP contribution in [0.2, 0.25) is 5.02 Å². The molecular weight excluding hydrogens is 364 g/mol. The first-order valence-corrected chi connectivity index (χ1v) is 8.82. The van der Waals surface area contributed by atoms with Gasteiger partial charge in [0.15, 0.2) is 6.10 Å². The van der Waals surface area contributed by atoms with Gasteiger partial charge in [0.1, 0.15) is 11.5 Å². The molecule has 0 aliphatic heterocycles. The number of hydrogen-bond acceptors (Lipinski definition) is 3. The van der Waals surface area contributed by atoms with Crippen molar-refractivity contribution in [3.05, 3.63) is 83.4 Å². The SMILES string of the molecule is COc1ccc(Cl)cc1C[C@H](Oc1ccc(-c2ccccc2)cc1)C(=O)O. The highest BCUT2D eigenvalue weighted by molar-refractivity contribution is 6.30. The van der Waals surface area contributed by atoms with Crippen molar-refractivity contribution in [3.63, 3.8) is 0 Å². The molecule has 138 valence electrons. The van der Waals surface area contributed by atoms with Crippen LogP contribution in [0, 0.1) is 0 Å². The van der Waals surface area contributed by atoms with Gasteiger partial charge in [0.25, 0.3) is 0 Å². The van der Waals surface area contributed by atoms with Crippen molar-refractivity contribution < 1.29 is 19.4 Å². The highest BCUT2D eigenvalue weighted by Gasteiger charge is 2.22. The Morgan fingerprint density at radius 1 is 1.00 bits per heavy atom. The first kappa shape index (κ1) is 18.8. The lowest BCUT2D eigenvalue weighted by molar-refractivity contribution is -0.145. The Labute approximate surface area is 162 Å². The summed E-state index contributed by atoms with van der Waals surface area (Å²) in [5.41, 5.74) is 2.80. The molecule has 3 rings (SSSR count). The lowest BCUT2D eigenvalue weighted by Gasteiger charge is -2.17. The molecule has 0 heterocycles. The van der Waals surface area contributed by atoms with Crippen molar-refractivity contribution in [3.8, 4) is 22.6 Å². The summed E-state index contributed by atoms with van der Waals surface area (Å²) in [5, 5.41) is 10.1. The monoisotopic (exact) mass is 382 g/mol. The summed E-state index contributed by atoms with van der Waals surface area (Å²) in [4.78, 5) is 11.7. The highest BCUT2D eigenvalue weighted by atomic mass is 35.5. The second kappa shape index (κ2) is 8.60. The fourth-order valence-corrected chi connectivity index (χ4v) is 3.00. The molecule has 0 unspecified atom stereocenters. The van der Waals surface area contributed by atoms with Crippen molar-refractivity contribution in [1.29, 1.82) is 0 Å². The number of methoxy groups -OCH3 is 1. The van der Waals surface area contributed by atoms with Crippen LogP contribution in [0.5, 0.6) is 11.5 Å². The molecule has 3 aromatic carbocycles. The van der Waals surface area contributed by atoms with Crippen molar-refractivity contribution >= 4 is 17.6 Å². The maximum atomic E-state index is 11.7. The number of hydrogen-bond donors (Lipinski definition) is 1. The minimum absolute atomic E-state index is 0.138. The van der Waals surface area contributed by atoms with E-state index < -0.39 is 12.1 Å². The molecule has 0 spiro atoms. The van der Waals surface area contributed by atoms with Gasteiger partial charge in [0.2, 0.25) is 0 Å². The molecule has 0 saturated heterocycles. The lowest BCUT2D eigenvalue weighted by atomic mass is 10.1. The minimum atomic E-state index is -1.06. The van der Waals surface area contributed by atoms with Crippen LogP contribution in [-0.4, -0.2) is 24.3 Å². The molecule has 0 saturated carbocycles. The number of carboxylic acid groups (broad SMARTS) is 1. The summed E-state index contributed by atoms with van der Waals surface area (Å²) < 4.78 is 11.0. The van der Waals surface area contributed by atoms with E-state index in [9.17, 15) is 9.90 Å². The number of carboxylic acids is 1. The van der Waals surface area contributed by atoms with Gasteiger partial charge in [0, 0.05) is 11.4 Å². The van der Waals surface area contributed by atoms with Gasteiger partial charge in [-0.25, -0.2) is 4.79 Å². The van der Waals surface area contributed by atoms with Crippen LogP contribution < -0.4 is 9.47 Å². The first-order chi connectivity index (χ1) is 13.1. The van der Waals surface area contributed by atoms with Crippen molar-refractivity contribution in [2.24, 2.45) is 0 Å². The van der Waals surface area contributed by atoms with E-state index >= 15 is 0 Å². The van der Waals surface area contributed by atoms with Gasteiger partial charge in [-0.05, 0) is 47.0 Å². The smallest absolute Gasteiger partial charge is 0.345 e. The lowest BCUT2D eigenvalue weighted by Crippen LogP contribution is -2.29. The Kier molecular flexibility index (Phi) is 5.99. The first-order valence-electron chi connectivity index (χ1n) is 8.44. The molecule has 4 nitrogen and oxygen atoms in total. The molecular formula is C22H19ClO4. The van der Waals surface area contributed by atoms with Gasteiger partial charge in [-0.2, -0.15) is 0 Å². The number of ether oxygens (including phenoxy) is 2. The van der Waals surface area contributed by atoms with Crippen LogP contribution in [0.25, 0.3) is 11.1 Å². The second-order valence-electron chi connectivity index (χ2n) is 6.00. The van der Waals surface area contributed by atoms with E-state index in [0.717, 1.165) is 11.1 Å². The van der Waals surface area contributed by atoms with Gasteiger partial charge >= 0.3 is 5.97 Å². The number of aliphatic carboxylic acids is 1. The summed E-state index contributed by atoms with van der Waals surface area (Å²) in [7, 11) is 1.53. The zero-order valence-corrected chi connectivity index (χ0v) is 15.5. The third-order valence-electron chi connectivity index (χ3n) is 4.16. The van der Waals surface area contributed by atoms with Gasteiger partial charge in [-0.1, -0.05) is 54.1 Å². The highest BCUT2D eigenvalue weighted by Crippen LogP contribution is 2.26. The zero-order chi connectivity index (χ0) is 19.2. The van der Waals surface area contributed by atoms with Crippen molar-refractivity contribution in [1.82, 2.24) is 0 Å². The van der Waals surface area contributed by atoms with E-state index in [1.807, 2.05) is 42.5 Å². The van der Waals surface area contributed by atoms with Crippen LogP contribution >= 0.6 is 11.6 Å². The van der Waals surface area contributed by atoms with E-state index in [1.54, 1.807) is 30.3 Å². The minimum Gasteiger partial charge on any atom is -0.496 e. The third-order valence-corrected chi connectivity index (χ3v) is 4.40. The number of rotatable bonds is 7. The molecule has 0 aromatic heterocycles. The summed E-state index contributed by atoms with van der Waals surface area (Å²) in [6.07, 6.45) is -0.917. The Balaban J connectivity index is 1.77. The molecule has 27 heavy (non-hydrogen) atoms. The number of benzene rings is 3. The van der Waals surface area contributed by atoms with Crippen LogP contribution in [0.1, 0.15) is 5.56 Å². The molecule has 1 atom stereocenters. The summed E-state index contributed by atoms with van der Waals surface area (Å²) in [5.74, 6) is 0.0147. The Morgan fingerprint density at radius 3 is 2.30 bits per heavy atom. The largest absolute Gasteiger partial charge is 0.496 e. The molecule has 1 N–H and O–H groups in total. The van der Waals surface area contributed by atoms with Gasteiger partial charge in [-0.15, -0.1) is 0 Å². The van der Waals surface area contributed by atoms with Crippen molar-refractivity contribution in [2.45, 2.75) is 12.5 Å². The van der Waals surface area contributed by atoms with Crippen molar-refractivity contribution in [2.75, 3.05) is 7.11 Å². The van der Waals surface area contributed by atoms with Gasteiger partial charge in [-0.3, -0.25) is 0 Å². The number of halogens is 1. The zero-order valence-electron chi connectivity index (χ0n) is 14.8. The fourth-order valence-electron chi connectivity index (χ4n) is 2.81. The van der Waals surface area contributed by atoms with Gasteiger partial charge in [0.05, 0.1) is 7.11 Å². The van der Waals surface area contributed by atoms with E-state index in [0.29, 0.717) is 22.1 Å². The molecule has 0 radical (unpaired) electrons. The van der Waals surface area contributed by atoms with Crippen LogP contribution in [0.4, 0.5) is 0 Å². The topological polar surface area (TPSA) is 55.8 Å². The number of carbonyl (C=O) groups is 1. The molecule has 0 bridgehead atoms. The average Bonchev–Trinajstić information content (AvgIpc) is 2.69. The van der Waals surface area contributed by atoms with Gasteiger partial charge < -0.3 is 14.6 Å². The predicted octanol–water partition coefficient (Wildman–Crippen LogP) is 5.09. The fraction of sp³-hybridized carbons (Fsp3) is 0.136. The van der Waals surface area contributed by atoms with Crippen LogP contribution in [0.3, 0.4) is 0 Å². The molecule has 0 aliphatic rings. The molecule has 0 fully saturated rings. The molecule has 0 aliphatic carbocycles. The van der Waals surface area contributed by atoms with E-state index in [2.05, 4.69) is 0 Å². The quantitative estimate of drug-likeness (QED) is 0.618. The Morgan fingerprint density at radius 2 is 1.67 bits per heavy atom. The molecule has 5 heteroatoms. The predicted molar refractivity (Wildman–Crippen MR) is 106 cm³/mol. The second-order valence-corrected chi connectivity index (χ2v) is 6.43. The summed E-state index contributed by atoms with van der Waals surface area (Å²) in [6.45, 7) is 0.